The highest BCUT2D eigenvalue weighted by atomic mass is 35.5. The fourth-order valence-corrected chi connectivity index (χ4v) is 3.22. The van der Waals surface area contributed by atoms with Gasteiger partial charge in [-0.1, -0.05) is 60.1 Å². The monoisotopic (exact) mass is 325 g/mol. The van der Waals surface area contributed by atoms with E-state index >= 15 is 0 Å². The van der Waals surface area contributed by atoms with Gasteiger partial charge in [0, 0.05) is 15.8 Å². The van der Waals surface area contributed by atoms with Gasteiger partial charge in [0.2, 0.25) is 0 Å². The first-order chi connectivity index (χ1) is 9.60. The van der Waals surface area contributed by atoms with Crippen LogP contribution in [0.1, 0.15) is 18.9 Å². The maximum atomic E-state index is 6.06. The predicted octanol–water partition coefficient (Wildman–Crippen LogP) is 5.42. The summed E-state index contributed by atoms with van der Waals surface area (Å²) in [5.74, 6) is 0. The van der Waals surface area contributed by atoms with Crippen molar-refractivity contribution in [3.63, 3.8) is 0 Å². The van der Waals surface area contributed by atoms with Crippen molar-refractivity contribution < 1.29 is 0 Å². The lowest BCUT2D eigenvalue weighted by Gasteiger charge is -2.13. The molecule has 4 heteroatoms. The smallest absolute Gasteiger partial charge is 0.0603 e. The van der Waals surface area contributed by atoms with Crippen molar-refractivity contribution in [3.8, 4) is 0 Å². The van der Waals surface area contributed by atoms with Crippen LogP contribution in [0.2, 0.25) is 10.0 Å². The minimum Gasteiger partial charge on any atom is -0.327 e. The van der Waals surface area contributed by atoms with Gasteiger partial charge in [0.15, 0.2) is 0 Å². The zero-order valence-corrected chi connectivity index (χ0v) is 13.6. The van der Waals surface area contributed by atoms with Gasteiger partial charge in [-0.05, 0) is 42.7 Å². The van der Waals surface area contributed by atoms with Crippen molar-refractivity contribution in [2.24, 2.45) is 5.73 Å². The predicted molar refractivity (Wildman–Crippen MR) is 89.0 cm³/mol. The summed E-state index contributed by atoms with van der Waals surface area (Å²) in [6, 6.07) is 14.2. The second kappa shape index (κ2) is 7.37. The minimum atomic E-state index is 0.200. The maximum absolute atomic E-state index is 6.06. The molecule has 0 heterocycles. The summed E-state index contributed by atoms with van der Waals surface area (Å²) in [6.07, 6.45) is 1.87. The van der Waals surface area contributed by atoms with Crippen LogP contribution in [0.5, 0.6) is 0 Å². The molecule has 0 spiro atoms. The van der Waals surface area contributed by atoms with E-state index in [-0.39, 0.29) is 6.04 Å². The van der Waals surface area contributed by atoms with Crippen LogP contribution in [0, 0.1) is 0 Å². The average molecular weight is 326 g/mol. The lowest BCUT2D eigenvalue weighted by atomic mass is 10.1. The van der Waals surface area contributed by atoms with E-state index in [0.717, 1.165) is 17.7 Å². The second-order valence-corrected chi connectivity index (χ2v) is 6.59. The summed E-state index contributed by atoms with van der Waals surface area (Å²) in [6.45, 7) is 2.11. The van der Waals surface area contributed by atoms with E-state index < -0.39 is 0 Å². The molecule has 2 rings (SSSR count). The van der Waals surface area contributed by atoms with E-state index in [9.17, 15) is 0 Å². The van der Waals surface area contributed by atoms with Crippen LogP contribution < -0.4 is 5.73 Å². The van der Waals surface area contributed by atoms with E-state index in [1.54, 1.807) is 11.8 Å². The molecule has 2 aromatic carbocycles. The molecule has 0 aromatic heterocycles. The van der Waals surface area contributed by atoms with Gasteiger partial charge in [0.05, 0.1) is 10.0 Å². The first-order valence-corrected chi connectivity index (χ1v) is 8.13. The number of rotatable bonds is 5. The Bertz CT molecular complexity index is 586. The third-order valence-electron chi connectivity index (χ3n) is 3.10. The first kappa shape index (κ1) is 15.7. The molecule has 0 aliphatic carbocycles. The Morgan fingerprint density at radius 1 is 1.10 bits per heavy atom. The van der Waals surface area contributed by atoms with Gasteiger partial charge >= 0.3 is 0 Å². The van der Waals surface area contributed by atoms with E-state index in [0.29, 0.717) is 10.0 Å². The van der Waals surface area contributed by atoms with Crippen molar-refractivity contribution in [1.29, 1.82) is 0 Å². The summed E-state index contributed by atoms with van der Waals surface area (Å²) in [5, 5.41) is 1.16. The van der Waals surface area contributed by atoms with E-state index in [4.69, 9.17) is 28.9 Å². The summed E-state index contributed by atoms with van der Waals surface area (Å²) < 4.78 is 0. The molecule has 0 radical (unpaired) electrons. The van der Waals surface area contributed by atoms with Gasteiger partial charge in [-0.3, -0.25) is 0 Å². The largest absolute Gasteiger partial charge is 0.327 e. The van der Waals surface area contributed by atoms with Gasteiger partial charge in [0.1, 0.15) is 0 Å². The normalized spacial score (nSPS) is 12.4. The molecular formula is C16H17Cl2NS. The Balaban J connectivity index is 2.22. The maximum Gasteiger partial charge on any atom is 0.0603 e. The van der Waals surface area contributed by atoms with Crippen molar-refractivity contribution in [2.75, 3.05) is 0 Å². The topological polar surface area (TPSA) is 26.0 Å². The van der Waals surface area contributed by atoms with E-state index in [2.05, 4.69) is 25.1 Å². The molecule has 0 aliphatic heterocycles. The van der Waals surface area contributed by atoms with Crippen molar-refractivity contribution >= 4 is 35.0 Å². The van der Waals surface area contributed by atoms with Gasteiger partial charge in [-0.2, -0.15) is 0 Å². The zero-order chi connectivity index (χ0) is 14.5. The molecule has 1 unspecified atom stereocenters. The molecular weight excluding hydrogens is 309 g/mol. The molecule has 20 heavy (non-hydrogen) atoms. The standard InChI is InChI=1S/C16H17Cl2NS/c1-2-12(19)9-11-5-3-4-6-16(11)20-13-7-8-14(17)15(18)10-13/h3-8,10,12H,2,9,19H2,1H3. The van der Waals surface area contributed by atoms with Crippen LogP contribution in [-0.4, -0.2) is 6.04 Å². The second-order valence-electron chi connectivity index (χ2n) is 4.66. The number of halogens is 2. The Kier molecular flexibility index (Phi) is 5.79. The molecule has 0 bridgehead atoms. The Hall–Kier alpha value is -0.670. The molecule has 0 fully saturated rings. The molecule has 2 aromatic rings. The molecule has 0 amide bonds. The Morgan fingerprint density at radius 3 is 2.55 bits per heavy atom. The van der Waals surface area contributed by atoms with Gasteiger partial charge in [-0.25, -0.2) is 0 Å². The first-order valence-electron chi connectivity index (χ1n) is 6.56. The van der Waals surface area contributed by atoms with Gasteiger partial charge in [0.25, 0.3) is 0 Å². The highest BCUT2D eigenvalue weighted by Gasteiger charge is 2.08. The Morgan fingerprint density at radius 2 is 1.85 bits per heavy atom. The summed E-state index contributed by atoms with van der Waals surface area (Å²) in [4.78, 5) is 2.30. The van der Waals surface area contributed by atoms with Crippen LogP contribution in [0.25, 0.3) is 0 Å². The third kappa shape index (κ3) is 4.16. The number of hydrogen-bond donors (Lipinski definition) is 1. The van der Waals surface area contributed by atoms with Gasteiger partial charge in [-0.15, -0.1) is 0 Å². The number of benzene rings is 2. The molecule has 106 valence electrons. The fraction of sp³-hybridized carbons (Fsp3) is 0.250. The third-order valence-corrected chi connectivity index (χ3v) is 4.94. The summed E-state index contributed by atoms with van der Waals surface area (Å²) >= 11 is 13.7. The van der Waals surface area contributed by atoms with Gasteiger partial charge < -0.3 is 5.73 Å². The molecule has 2 N–H and O–H groups in total. The number of hydrogen-bond acceptors (Lipinski definition) is 2. The molecule has 0 aliphatic rings. The zero-order valence-electron chi connectivity index (χ0n) is 11.3. The quantitative estimate of drug-likeness (QED) is 0.793. The molecule has 1 nitrogen and oxygen atoms in total. The molecule has 0 saturated carbocycles. The van der Waals surface area contributed by atoms with Crippen LogP contribution >= 0.6 is 35.0 Å². The molecule has 1 atom stereocenters. The average Bonchev–Trinajstić information content (AvgIpc) is 2.45. The van der Waals surface area contributed by atoms with Crippen molar-refractivity contribution in [2.45, 2.75) is 35.6 Å². The van der Waals surface area contributed by atoms with Crippen LogP contribution in [0.4, 0.5) is 0 Å². The summed E-state index contributed by atoms with van der Waals surface area (Å²) in [5.41, 5.74) is 7.34. The van der Waals surface area contributed by atoms with Crippen molar-refractivity contribution in [3.05, 3.63) is 58.1 Å². The highest BCUT2D eigenvalue weighted by molar-refractivity contribution is 7.99. The molecule has 0 saturated heterocycles. The highest BCUT2D eigenvalue weighted by Crippen LogP contribution is 2.34. The van der Waals surface area contributed by atoms with Crippen molar-refractivity contribution in [1.82, 2.24) is 0 Å². The number of nitrogens with two attached hydrogens (primary N) is 1. The van der Waals surface area contributed by atoms with E-state index in [1.807, 2.05) is 24.3 Å². The lowest BCUT2D eigenvalue weighted by molar-refractivity contribution is 0.641. The van der Waals surface area contributed by atoms with E-state index in [1.165, 1.54) is 10.5 Å². The SMILES string of the molecule is CCC(N)Cc1ccccc1Sc1ccc(Cl)c(Cl)c1. The summed E-state index contributed by atoms with van der Waals surface area (Å²) in [7, 11) is 0. The Labute approximate surface area is 134 Å². The fourth-order valence-electron chi connectivity index (χ4n) is 1.87. The van der Waals surface area contributed by atoms with Crippen LogP contribution in [-0.2, 0) is 6.42 Å². The minimum absolute atomic E-state index is 0.200. The lowest BCUT2D eigenvalue weighted by Crippen LogP contribution is -2.21. The van der Waals surface area contributed by atoms with Crippen LogP contribution in [0.15, 0.2) is 52.3 Å². The van der Waals surface area contributed by atoms with Crippen LogP contribution in [0.3, 0.4) is 0 Å².